The zero-order valence-corrected chi connectivity index (χ0v) is 11.6. The van der Waals surface area contributed by atoms with Gasteiger partial charge in [0, 0.05) is 17.3 Å². The third-order valence-corrected chi connectivity index (χ3v) is 3.38. The van der Waals surface area contributed by atoms with Crippen molar-refractivity contribution in [1.82, 2.24) is 10.3 Å². The van der Waals surface area contributed by atoms with E-state index >= 15 is 0 Å². The van der Waals surface area contributed by atoms with Crippen LogP contribution >= 0.6 is 11.3 Å². The predicted octanol–water partition coefficient (Wildman–Crippen LogP) is 1.95. The third-order valence-electron chi connectivity index (χ3n) is 2.47. The lowest BCUT2D eigenvalue weighted by atomic mass is 9.99. The molecule has 0 aliphatic heterocycles. The molecule has 1 aromatic rings. The second-order valence-electron chi connectivity index (χ2n) is 4.75. The number of carbonyl (C=O) groups is 1. The molecule has 0 atom stereocenters. The molecule has 4 nitrogen and oxygen atoms in total. The Bertz CT molecular complexity index is 374. The van der Waals surface area contributed by atoms with Crippen LogP contribution in [0.5, 0.6) is 0 Å². The molecule has 1 heterocycles. The summed E-state index contributed by atoms with van der Waals surface area (Å²) in [5, 5.41) is 5.72. The van der Waals surface area contributed by atoms with Gasteiger partial charge in [0.2, 0.25) is 0 Å². The fourth-order valence-corrected chi connectivity index (χ4v) is 2.51. The molecule has 1 aromatic heterocycles. The first-order chi connectivity index (χ1) is 7.98. The first-order valence-electron chi connectivity index (χ1n) is 5.95. The third kappa shape index (κ3) is 4.44. The van der Waals surface area contributed by atoms with Crippen LogP contribution in [0.2, 0.25) is 0 Å². The number of amides is 1. The van der Waals surface area contributed by atoms with Crippen molar-refractivity contribution in [3.8, 4) is 0 Å². The smallest absolute Gasteiger partial charge is 0.271 e. The van der Waals surface area contributed by atoms with Gasteiger partial charge >= 0.3 is 0 Å². The normalized spacial score (nSPS) is 11.5. The number of nitrogens with two attached hydrogens (primary N) is 1. The molecule has 0 aromatic carbocycles. The van der Waals surface area contributed by atoms with Crippen LogP contribution < -0.4 is 11.1 Å². The molecule has 0 bridgehead atoms. The van der Waals surface area contributed by atoms with Gasteiger partial charge in [-0.25, -0.2) is 4.98 Å². The van der Waals surface area contributed by atoms with E-state index in [9.17, 15) is 4.79 Å². The minimum absolute atomic E-state index is 0.0945. The molecule has 0 unspecified atom stereocenters. The summed E-state index contributed by atoms with van der Waals surface area (Å²) in [6, 6.07) is 0. The maximum Gasteiger partial charge on any atom is 0.271 e. The molecule has 3 N–H and O–H groups in total. The largest absolute Gasteiger partial charge is 0.346 e. The molecule has 1 rings (SSSR count). The van der Waals surface area contributed by atoms with Crippen LogP contribution in [0.25, 0.3) is 0 Å². The van der Waals surface area contributed by atoms with Crippen molar-refractivity contribution >= 4 is 17.2 Å². The highest BCUT2D eigenvalue weighted by molar-refractivity contribution is 7.09. The molecule has 0 saturated heterocycles. The van der Waals surface area contributed by atoms with Gasteiger partial charge in [0.15, 0.2) is 0 Å². The second kappa shape index (κ2) is 6.12. The summed E-state index contributed by atoms with van der Waals surface area (Å²) in [4.78, 5) is 16.2. The molecule has 1 amide bonds. The molecule has 0 aliphatic carbocycles. The summed E-state index contributed by atoms with van der Waals surface area (Å²) < 4.78 is 0. The average Bonchev–Trinajstić information content (AvgIpc) is 2.66. The van der Waals surface area contributed by atoms with E-state index in [0.717, 1.165) is 24.3 Å². The fraction of sp³-hybridized carbons (Fsp3) is 0.667. The van der Waals surface area contributed by atoms with Gasteiger partial charge in [-0.2, -0.15) is 0 Å². The predicted molar refractivity (Wildman–Crippen MR) is 71.3 cm³/mol. The average molecular weight is 255 g/mol. The molecule has 0 radical (unpaired) electrons. The van der Waals surface area contributed by atoms with Crippen molar-refractivity contribution in [3.63, 3.8) is 0 Å². The van der Waals surface area contributed by atoms with E-state index in [0.29, 0.717) is 12.2 Å². The number of hydrogen-bond donors (Lipinski definition) is 2. The Kier molecular flexibility index (Phi) is 5.08. The molecule has 0 spiro atoms. The maximum absolute atomic E-state index is 12.0. The van der Waals surface area contributed by atoms with E-state index in [-0.39, 0.29) is 11.4 Å². The van der Waals surface area contributed by atoms with E-state index in [1.807, 2.05) is 13.8 Å². The van der Waals surface area contributed by atoms with Gasteiger partial charge in [-0.1, -0.05) is 13.3 Å². The molecule has 5 heteroatoms. The minimum Gasteiger partial charge on any atom is -0.346 e. The van der Waals surface area contributed by atoms with Gasteiger partial charge in [0.25, 0.3) is 5.91 Å². The van der Waals surface area contributed by atoms with Crippen LogP contribution in [0, 0.1) is 0 Å². The Labute approximate surface area is 107 Å². The molecular formula is C12H21N3OS. The van der Waals surface area contributed by atoms with E-state index in [4.69, 9.17) is 5.73 Å². The summed E-state index contributed by atoms with van der Waals surface area (Å²) in [5.41, 5.74) is 5.78. The summed E-state index contributed by atoms with van der Waals surface area (Å²) >= 11 is 1.49. The van der Waals surface area contributed by atoms with E-state index in [2.05, 4.69) is 17.2 Å². The number of thiazole rings is 1. The summed E-state index contributed by atoms with van der Waals surface area (Å²) in [5.74, 6) is -0.0945. The fourth-order valence-electron chi connectivity index (χ4n) is 1.71. The van der Waals surface area contributed by atoms with Crippen molar-refractivity contribution in [2.75, 3.05) is 6.54 Å². The van der Waals surface area contributed by atoms with E-state index in [1.165, 1.54) is 11.3 Å². The Morgan fingerprint density at radius 2 is 2.29 bits per heavy atom. The number of rotatable bonds is 6. The Morgan fingerprint density at radius 1 is 1.59 bits per heavy atom. The van der Waals surface area contributed by atoms with E-state index in [1.54, 1.807) is 5.38 Å². The Morgan fingerprint density at radius 3 is 2.88 bits per heavy atom. The van der Waals surface area contributed by atoms with Crippen LogP contribution in [0.4, 0.5) is 0 Å². The standard InChI is InChI=1S/C12H21N3OS/c1-4-6-12(2,3)15-11(16)9-8-17-10(14-9)5-7-13/h8H,4-7,13H2,1-3H3,(H,15,16). The van der Waals surface area contributed by atoms with Crippen LogP contribution in [0.3, 0.4) is 0 Å². The molecule has 0 saturated carbocycles. The second-order valence-corrected chi connectivity index (χ2v) is 5.70. The maximum atomic E-state index is 12.0. The van der Waals surface area contributed by atoms with Gasteiger partial charge in [-0.3, -0.25) is 4.79 Å². The van der Waals surface area contributed by atoms with Crippen molar-refractivity contribution in [2.45, 2.75) is 45.6 Å². The number of aromatic nitrogens is 1. The minimum atomic E-state index is -0.177. The van der Waals surface area contributed by atoms with Gasteiger partial charge in [0.05, 0.1) is 5.01 Å². The number of nitrogens with one attached hydrogen (secondary N) is 1. The Hall–Kier alpha value is -0.940. The summed E-state index contributed by atoms with van der Waals surface area (Å²) in [7, 11) is 0. The quantitative estimate of drug-likeness (QED) is 0.816. The summed E-state index contributed by atoms with van der Waals surface area (Å²) in [6.07, 6.45) is 2.73. The number of nitrogens with zero attached hydrogens (tertiary/aromatic N) is 1. The topological polar surface area (TPSA) is 68.0 Å². The SMILES string of the molecule is CCCC(C)(C)NC(=O)c1csc(CCN)n1. The highest BCUT2D eigenvalue weighted by Crippen LogP contribution is 2.14. The number of carbonyl (C=O) groups excluding carboxylic acids is 1. The first kappa shape index (κ1) is 14.1. The molecule has 0 aliphatic rings. The lowest BCUT2D eigenvalue weighted by Gasteiger charge is -2.25. The monoisotopic (exact) mass is 255 g/mol. The van der Waals surface area contributed by atoms with Crippen molar-refractivity contribution in [1.29, 1.82) is 0 Å². The molecular weight excluding hydrogens is 234 g/mol. The molecule has 17 heavy (non-hydrogen) atoms. The zero-order valence-electron chi connectivity index (χ0n) is 10.7. The first-order valence-corrected chi connectivity index (χ1v) is 6.83. The molecule has 0 fully saturated rings. The van der Waals surface area contributed by atoms with Gasteiger partial charge in [-0.15, -0.1) is 11.3 Å². The lowest BCUT2D eigenvalue weighted by molar-refractivity contribution is 0.0904. The number of hydrogen-bond acceptors (Lipinski definition) is 4. The van der Waals surface area contributed by atoms with Crippen LogP contribution in [0.15, 0.2) is 5.38 Å². The highest BCUT2D eigenvalue weighted by Gasteiger charge is 2.21. The lowest BCUT2D eigenvalue weighted by Crippen LogP contribution is -2.43. The van der Waals surface area contributed by atoms with Crippen molar-refractivity contribution in [2.24, 2.45) is 5.73 Å². The van der Waals surface area contributed by atoms with Crippen LogP contribution in [0.1, 0.15) is 49.1 Å². The van der Waals surface area contributed by atoms with Gasteiger partial charge in [-0.05, 0) is 26.8 Å². The zero-order chi connectivity index (χ0) is 12.9. The van der Waals surface area contributed by atoms with Gasteiger partial charge in [0.1, 0.15) is 5.69 Å². The van der Waals surface area contributed by atoms with Crippen molar-refractivity contribution in [3.05, 3.63) is 16.1 Å². The summed E-state index contributed by atoms with van der Waals surface area (Å²) in [6.45, 7) is 6.73. The molecule has 96 valence electrons. The van der Waals surface area contributed by atoms with Crippen LogP contribution in [-0.2, 0) is 6.42 Å². The van der Waals surface area contributed by atoms with Crippen molar-refractivity contribution < 1.29 is 4.79 Å². The highest BCUT2D eigenvalue weighted by atomic mass is 32.1. The van der Waals surface area contributed by atoms with E-state index < -0.39 is 0 Å². The van der Waals surface area contributed by atoms with Crippen LogP contribution in [-0.4, -0.2) is 23.0 Å². The Balaban J connectivity index is 2.63. The van der Waals surface area contributed by atoms with Gasteiger partial charge < -0.3 is 11.1 Å².